The normalized spacial score (nSPS) is 8.92. The van der Waals surface area contributed by atoms with E-state index >= 15 is 0 Å². The first-order valence-electron chi connectivity index (χ1n) is 3.24. The van der Waals surface area contributed by atoms with Crippen LogP contribution >= 0.6 is 11.8 Å². The fourth-order valence-corrected chi connectivity index (χ4v) is 1.25. The van der Waals surface area contributed by atoms with Crippen LogP contribution in [0.15, 0.2) is 29.2 Å². The summed E-state index contributed by atoms with van der Waals surface area (Å²) < 4.78 is 0. The van der Waals surface area contributed by atoms with Gasteiger partial charge in [0.15, 0.2) is 5.17 Å². The van der Waals surface area contributed by atoms with E-state index < -0.39 is 0 Å². The summed E-state index contributed by atoms with van der Waals surface area (Å²) in [6.45, 7) is 0. The predicted molar refractivity (Wildman–Crippen MR) is 48.9 cm³/mol. The van der Waals surface area contributed by atoms with Crippen LogP contribution in [0, 0.1) is 16.7 Å². The van der Waals surface area contributed by atoms with E-state index in [1.807, 2.05) is 6.07 Å². The molecular weight excluding hydrogens is 170 g/mol. The monoisotopic (exact) mass is 177 g/mol. The van der Waals surface area contributed by atoms with Crippen molar-refractivity contribution in [2.45, 2.75) is 4.90 Å². The molecule has 0 radical (unpaired) electrons. The molecule has 0 heterocycles. The number of nitrogens with zero attached hydrogens (tertiary/aromatic N) is 1. The van der Waals surface area contributed by atoms with E-state index in [1.54, 1.807) is 24.3 Å². The molecule has 0 aromatic heterocycles. The van der Waals surface area contributed by atoms with Crippen LogP contribution in [0.4, 0.5) is 0 Å². The average Bonchev–Trinajstić information content (AvgIpc) is 2.05. The quantitative estimate of drug-likeness (QED) is 0.388. The summed E-state index contributed by atoms with van der Waals surface area (Å²) in [7, 11) is 0. The van der Waals surface area contributed by atoms with Gasteiger partial charge in [-0.05, 0) is 24.3 Å². The van der Waals surface area contributed by atoms with Crippen LogP contribution < -0.4 is 5.73 Å². The number of rotatable bonds is 1. The number of hydrogen-bond acceptors (Lipinski definition) is 3. The maximum atomic E-state index is 8.49. The maximum Gasteiger partial charge on any atom is 0.155 e. The van der Waals surface area contributed by atoms with Gasteiger partial charge in [0.25, 0.3) is 0 Å². The van der Waals surface area contributed by atoms with Crippen molar-refractivity contribution in [3.63, 3.8) is 0 Å². The Hall–Kier alpha value is -1.47. The zero-order chi connectivity index (χ0) is 8.97. The standard InChI is InChI=1S/C8H7N3S/c9-5-6-1-3-7(4-2-6)12-8(10)11/h1-4H,(H3,10,11). The van der Waals surface area contributed by atoms with Gasteiger partial charge in [0.05, 0.1) is 11.6 Å². The minimum atomic E-state index is 0.0553. The second-order valence-electron chi connectivity index (χ2n) is 2.10. The third kappa shape index (κ3) is 2.29. The van der Waals surface area contributed by atoms with E-state index in [0.29, 0.717) is 5.56 Å². The lowest BCUT2D eigenvalue weighted by Crippen LogP contribution is -2.02. The summed E-state index contributed by atoms with van der Waals surface area (Å²) in [5, 5.41) is 15.5. The van der Waals surface area contributed by atoms with E-state index in [2.05, 4.69) is 0 Å². The number of benzene rings is 1. The van der Waals surface area contributed by atoms with Gasteiger partial charge in [-0.1, -0.05) is 11.8 Å². The van der Waals surface area contributed by atoms with E-state index in [4.69, 9.17) is 16.4 Å². The van der Waals surface area contributed by atoms with Gasteiger partial charge in [-0.2, -0.15) is 5.26 Å². The third-order valence-electron chi connectivity index (χ3n) is 1.21. The van der Waals surface area contributed by atoms with Gasteiger partial charge in [0, 0.05) is 4.90 Å². The molecule has 1 aromatic carbocycles. The van der Waals surface area contributed by atoms with Crippen LogP contribution in [0.1, 0.15) is 5.56 Å². The molecule has 0 atom stereocenters. The van der Waals surface area contributed by atoms with Gasteiger partial charge in [-0.15, -0.1) is 0 Å². The van der Waals surface area contributed by atoms with Gasteiger partial charge in [-0.25, -0.2) is 0 Å². The minimum Gasteiger partial charge on any atom is -0.378 e. The maximum absolute atomic E-state index is 8.49. The molecule has 4 heteroatoms. The average molecular weight is 177 g/mol. The molecular formula is C8H7N3S. The molecule has 0 fully saturated rings. The lowest BCUT2D eigenvalue weighted by Gasteiger charge is -1.96. The molecule has 0 bridgehead atoms. The molecule has 3 N–H and O–H groups in total. The van der Waals surface area contributed by atoms with Crippen molar-refractivity contribution in [3.05, 3.63) is 29.8 Å². The highest BCUT2D eigenvalue weighted by atomic mass is 32.2. The van der Waals surface area contributed by atoms with Gasteiger partial charge >= 0.3 is 0 Å². The predicted octanol–water partition coefficient (Wildman–Crippen LogP) is 1.54. The van der Waals surface area contributed by atoms with Crippen molar-refractivity contribution >= 4 is 16.9 Å². The number of nitrogens with two attached hydrogens (primary N) is 1. The Bertz CT molecular complexity index is 323. The third-order valence-corrected chi connectivity index (χ3v) is 1.94. The summed E-state index contributed by atoms with van der Waals surface area (Å²) >= 11 is 1.17. The molecule has 3 nitrogen and oxygen atoms in total. The van der Waals surface area contributed by atoms with Crippen LogP contribution in [-0.4, -0.2) is 5.17 Å². The zero-order valence-electron chi connectivity index (χ0n) is 6.24. The number of hydrogen-bond donors (Lipinski definition) is 2. The molecule has 1 rings (SSSR count). The molecule has 0 aliphatic rings. The summed E-state index contributed by atoms with van der Waals surface area (Å²) in [5.41, 5.74) is 5.79. The molecule has 0 spiro atoms. The molecule has 0 aliphatic heterocycles. The molecule has 1 aromatic rings. The smallest absolute Gasteiger partial charge is 0.155 e. The molecule has 0 saturated heterocycles. The Morgan fingerprint density at radius 2 is 2.00 bits per heavy atom. The second-order valence-corrected chi connectivity index (χ2v) is 3.22. The zero-order valence-corrected chi connectivity index (χ0v) is 7.06. The molecule has 12 heavy (non-hydrogen) atoms. The van der Waals surface area contributed by atoms with Crippen LogP contribution in [0.3, 0.4) is 0 Å². The van der Waals surface area contributed by atoms with E-state index in [1.165, 1.54) is 11.8 Å². The number of nitriles is 1. The van der Waals surface area contributed by atoms with E-state index in [9.17, 15) is 0 Å². The summed E-state index contributed by atoms with van der Waals surface area (Å²) in [4.78, 5) is 0.876. The van der Waals surface area contributed by atoms with Crippen molar-refractivity contribution in [1.82, 2.24) is 0 Å². The van der Waals surface area contributed by atoms with Gasteiger partial charge in [0.2, 0.25) is 0 Å². The summed E-state index contributed by atoms with van der Waals surface area (Å²) in [6, 6.07) is 8.95. The Kier molecular flexibility index (Phi) is 2.72. The Balaban J connectivity index is 2.80. The van der Waals surface area contributed by atoms with Crippen molar-refractivity contribution in [2.24, 2.45) is 5.73 Å². The fourth-order valence-electron chi connectivity index (χ4n) is 0.724. The minimum absolute atomic E-state index is 0.0553. The summed E-state index contributed by atoms with van der Waals surface area (Å²) in [6.07, 6.45) is 0. The first kappa shape index (κ1) is 8.62. The van der Waals surface area contributed by atoms with Gasteiger partial charge in [-0.3, -0.25) is 5.41 Å². The largest absolute Gasteiger partial charge is 0.378 e. The summed E-state index contributed by atoms with van der Waals surface area (Å²) in [5.74, 6) is 0. The van der Waals surface area contributed by atoms with Gasteiger partial charge in [0.1, 0.15) is 0 Å². The SMILES string of the molecule is N#Cc1ccc(SC(=N)N)cc1. The first-order chi connectivity index (χ1) is 5.72. The lowest BCUT2D eigenvalue weighted by atomic mass is 10.2. The number of nitrogens with one attached hydrogen (secondary N) is 1. The highest BCUT2D eigenvalue weighted by Gasteiger charge is 1.95. The Morgan fingerprint density at radius 1 is 1.42 bits per heavy atom. The van der Waals surface area contributed by atoms with E-state index in [0.717, 1.165) is 4.90 Å². The fraction of sp³-hybridized carbons (Fsp3) is 0. The van der Waals surface area contributed by atoms with Crippen molar-refractivity contribution in [3.8, 4) is 6.07 Å². The highest BCUT2D eigenvalue weighted by molar-refractivity contribution is 8.13. The second kappa shape index (κ2) is 3.79. The molecule has 0 aliphatic carbocycles. The van der Waals surface area contributed by atoms with Crippen LogP contribution in [0.25, 0.3) is 0 Å². The first-order valence-corrected chi connectivity index (χ1v) is 4.06. The molecule has 60 valence electrons. The van der Waals surface area contributed by atoms with Crippen molar-refractivity contribution < 1.29 is 0 Å². The van der Waals surface area contributed by atoms with E-state index in [-0.39, 0.29) is 5.17 Å². The highest BCUT2D eigenvalue weighted by Crippen LogP contribution is 2.16. The van der Waals surface area contributed by atoms with Crippen molar-refractivity contribution in [2.75, 3.05) is 0 Å². The van der Waals surface area contributed by atoms with Gasteiger partial charge < -0.3 is 5.73 Å². The van der Waals surface area contributed by atoms with Crippen LogP contribution in [-0.2, 0) is 0 Å². The molecule has 0 saturated carbocycles. The topological polar surface area (TPSA) is 73.7 Å². The van der Waals surface area contributed by atoms with Crippen molar-refractivity contribution in [1.29, 1.82) is 10.7 Å². The number of amidine groups is 1. The van der Waals surface area contributed by atoms with Crippen LogP contribution in [0.2, 0.25) is 0 Å². The Morgan fingerprint density at radius 3 is 2.42 bits per heavy atom. The lowest BCUT2D eigenvalue weighted by molar-refractivity contribution is 1.41. The number of thioether (sulfide) groups is 1. The van der Waals surface area contributed by atoms with Crippen LogP contribution in [0.5, 0.6) is 0 Å². The molecule has 0 unspecified atom stereocenters. The Labute approximate surface area is 74.7 Å². The molecule has 0 amide bonds.